The summed E-state index contributed by atoms with van der Waals surface area (Å²) in [6.45, 7) is 4.76. The first kappa shape index (κ1) is 14.4. The highest BCUT2D eigenvalue weighted by atomic mass is 16.3. The first-order chi connectivity index (χ1) is 7.10. The second-order valence-electron chi connectivity index (χ2n) is 4.15. The maximum atomic E-state index is 11.3. The monoisotopic (exact) mass is 216 g/mol. The van der Waals surface area contributed by atoms with E-state index in [1.807, 2.05) is 6.92 Å². The first-order valence-electron chi connectivity index (χ1n) is 5.73. The minimum absolute atomic E-state index is 0.00374. The largest absolute Gasteiger partial charge is 0.396 e. The maximum Gasteiger partial charge on any atom is 0.221 e. The zero-order valence-corrected chi connectivity index (χ0v) is 9.83. The Hall–Kier alpha value is -0.610. The van der Waals surface area contributed by atoms with Crippen molar-refractivity contribution in [1.82, 2.24) is 5.32 Å². The van der Waals surface area contributed by atoms with Crippen molar-refractivity contribution in [3.63, 3.8) is 0 Å². The molecule has 0 heterocycles. The van der Waals surface area contributed by atoms with Crippen LogP contribution in [0.4, 0.5) is 0 Å². The lowest BCUT2D eigenvalue weighted by Gasteiger charge is -2.16. The summed E-state index contributed by atoms with van der Waals surface area (Å²) >= 11 is 0. The molecule has 0 saturated heterocycles. The molecule has 4 nitrogen and oxygen atoms in total. The lowest BCUT2D eigenvalue weighted by molar-refractivity contribution is -0.121. The normalized spacial score (nSPS) is 14.7. The van der Waals surface area contributed by atoms with E-state index in [4.69, 9.17) is 10.8 Å². The Morgan fingerprint density at radius 1 is 1.47 bits per heavy atom. The summed E-state index contributed by atoms with van der Waals surface area (Å²) in [6.07, 6.45) is 3.25. The van der Waals surface area contributed by atoms with E-state index < -0.39 is 0 Å². The van der Waals surface area contributed by atoms with Crippen molar-refractivity contribution in [3.05, 3.63) is 0 Å². The standard InChI is InChI=1S/C11H24N2O2/c1-3-4-10(5-6-14)8-13-11(15)7-9(2)12/h9-10,14H,3-8,12H2,1-2H3,(H,13,15). The van der Waals surface area contributed by atoms with Gasteiger partial charge in [0.05, 0.1) is 0 Å². The van der Waals surface area contributed by atoms with E-state index in [9.17, 15) is 4.79 Å². The number of hydrogen-bond acceptors (Lipinski definition) is 3. The third-order valence-electron chi connectivity index (χ3n) is 2.33. The fraction of sp³-hybridized carbons (Fsp3) is 0.909. The predicted molar refractivity (Wildman–Crippen MR) is 61.4 cm³/mol. The molecule has 2 atom stereocenters. The first-order valence-corrected chi connectivity index (χ1v) is 5.73. The highest BCUT2D eigenvalue weighted by Crippen LogP contribution is 2.09. The van der Waals surface area contributed by atoms with Crippen molar-refractivity contribution in [2.75, 3.05) is 13.2 Å². The maximum absolute atomic E-state index is 11.3. The molecule has 0 aromatic rings. The smallest absolute Gasteiger partial charge is 0.221 e. The molecule has 0 saturated carbocycles. The Balaban J connectivity index is 3.72. The molecule has 0 aromatic carbocycles. The van der Waals surface area contributed by atoms with Crippen LogP contribution >= 0.6 is 0 Å². The number of carbonyl (C=O) groups is 1. The molecule has 0 bridgehead atoms. The van der Waals surface area contributed by atoms with Gasteiger partial charge in [-0.25, -0.2) is 0 Å². The van der Waals surface area contributed by atoms with Gasteiger partial charge in [0.2, 0.25) is 5.91 Å². The van der Waals surface area contributed by atoms with Gasteiger partial charge < -0.3 is 16.2 Å². The van der Waals surface area contributed by atoms with Crippen molar-refractivity contribution in [2.45, 2.75) is 45.6 Å². The van der Waals surface area contributed by atoms with E-state index in [1.165, 1.54) is 0 Å². The Morgan fingerprint density at radius 3 is 2.60 bits per heavy atom. The Kier molecular flexibility index (Phi) is 8.33. The van der Waals surface area contributed by atoms with Crippen LogP contribution in [0.1, 0.15) is 39.5 Å². The van der Waals surface area contributed by atoms with E-state index in [1.54, 1.807) is 0 Å². The second-order valence-corrected chi connectivity index (χ2v) is 4.15. The van der Waals surface area contributed by atoms with Gasteiger partial charge >= 0.3 is 0 Å². The van der Waals surface area contributed by atoms with Crippen LogP contribution in [0.15, 0.2) is 0 Å². The summed E-state index contributed by atoms with van der Waals surface area (Å²) in [6, 6.07) is -0.0903. The van der Waals surface area contributed by atoms with E-state index in [0.717, 1.165) is 19.3 Å². The summed E-state index contributed by atoms with van der Waals surface area (Å²) in [5.41, 5.74) is 5.52. The zero-order valence-electron chi connectivity index (χ0n) is 9.83. The van der Waals surface area contributed by atoms with Gasteiger partial charge in [0.15, 0.2) is 0 Å². The van der Waals surface area contributed by atoms with Gasteiger partial charge in [-0.05, 0) is 25.7 Å². The molecule has 0 rings (SSSR count). The number of nitrogens with two attached hydrogens (primary N) is 1. The van der Waals surface area contributed by atoms with Crippen molar-refractivity contribution in [1.29, 1.82) is 0 Å². The van der Waals surface area contributed by atoms with Crippen LogP contribution in [-0.4, -0.2) is 30.2 Å². The van der Waals surface area contributed by atoms with Crippen LogP contribution in [0, 0.1) is 5.92 Å². The SMILES string of the molecule is CCCC(CCO)CNC(=O)CC(C)N. The minimum Gasteiger partial charge on any atom is -0.396 e. The molecular weight excluding hydrogens is 192 g/mol. The van der Waals surface area contributed by atoms with E-state index in [-0.39, 0.29) is 18.6 Å². The van der Waals surface area contributed by atoms with Gasteiger partial charge in [-0.1, -0.05) is 13.3 Å². The molecule has 2 unspecified atom stereocenters. The van der Waals surface area contributed by atoms with Crippen LogP contribution < -0.4 is 11.1 Å². The Labute approximate surface area is 92.2 Å². The zero-order chi connectivity index (χ0) is 11.7. The molecule has 15 heavy (non-hydrogen) atoms. The van der Waals surface area contributed by atoms with E-state index >= 15 is 0 Å². The van der Waals surface area contributed by atoms with Crippen molar-refractivity contribution in [3.8, 4) is 0 Å². The highest BCUT2D eigenvalue weighted by Gasteiger charge is 2.10. The molecule has 4 N–H and O–H groups in total. The lowest BCUT2D eigenvalue weighted by atomic mass is 10.0. The van der Waals surface area contributed by atoms with Crippen LogP contribution in [0.3, 0.4) is 0 Å². The number of nitrogens with one attached hydrogen (secondary N) is 1. The highest BCUT2D eigenvalue weighted by molar-refractivity contribution is 5.76. The minimum atomic E-state index is -0.0903. The van der Waals surface area contributed by atoms with E-state index in [0.29, 0.717) is 18.9 Å². The molecule has 1 amide bonds. The molecular formula is C11H24N2O2. The molecule has 0 aliphatic heterocycles. The van der Waals surface area contributed by atoms with Crippen molar-refractivity contribution in [2.24, 2.45) is 11.7 Å². The number of amides is 1. The molecule has 0 fully saturated rings. The number of aliphatic hydroxyl groups is 1. The molecule has 0 aliphatic rings. The average molecular weight is 216 g/mol. The van der Waals surface area contributed by atoms with Gasteiger partial charge in [-0.3, -0.25) is 4.79 Å². The molecule has 0 aromatic heterocycles. The van der Waals surface area contributed by atoms with Gasteiger partial charge in [-0.2, -0.15) is 0 Å². The lowest BCUT2D eigenvalue weighted by Crippen LogP contribution is -2.33. The van der Waals surface area contributed by atoms with Crippen molar-refractivity contribution >= 4 is 5.91 Å². The fourth-order valence-electron chi connectivity index (χ4n) is 1.56. The predicted octanol–water partition coefficient (Wildman–Crippen LogP) is 0.639. The third kappa shape index (κ3) is 8.39. The van der Waals surface area contributed by atoms with Crippen LogP contribution in [-0.2, 0) is 4.79 Å². The summed E-state index contributed by atoms with van der Waals surface area (Å²) in [5.74, 6) is 0.390. The average Bonchev–Trinajstić information content (AvgIpc) is 2.14. The Bertz CT molecular complexity index is 166. The summed E-state index contributed by atoms with van der Waals surface area (Å²) in [5, 5.41) is 11.7. The van der Waals surface area contributed by atoms with Crippen molar-refractivity contribution < 1.29 is 9.90 Å². The second kappa shape index (κ2) is 8.68. The van der Waals surface area contributed by atoms with Gasteiger partial charge in [0.1, 0.15) is 0 Å². The Morgan fingerprint density at radius 2 is 2.13 bits per heavy atom. The van der Waals surface area contributed by atoms with E-state index in [2.05, 4.69) is 12.2 Å². The topological polar surface area (TPSA) is 75.3 Å². The summed E-state index contributed by atoms with van der Waals surface area (Å²) in [4.78, 5) is 11.3. The number of aliphatic hydroxyl groups excluding tert-OH is 1. The third-order valence-corrected chi connectivity index (χ3v) is 2.33. The molecule has 4 heteroatoms. The van der Waals surface area contributed by atoms with Gasteiger partial charge in [0.25, 0.3) is 0 Å². The number of rotatable bonds is 8. The number of carbonyl (C=O) groups excluding carboxylic acids is 1. The fourth-order valence-corrected chi connectivity index (χ4v) is 1.56. The summed E-state index contributed by atoms with van der Waals surface area (Å²) < 4.78 is 0. The summed E-state index contributed by atoms with van der Waals surface area (Å²) in [7, 11) is 0. The van der Waals surface area contributed by atoms with Gasteiger partial charge in [-0.15, -0.1) is 0 Å². The quantitative estimate of drug-likeness (QED) is 0.557. The molecule has 0 spiro atoms. The molecule has 0 radical (unpaired) electrons. The van der Waals surface area contributed by atoms with Crippen LogP contribution in [0.5, 0.6) is 0 Å². The van der Waals surface area contributed by atoms with Crippen LogP contribution in [0.2, 0.25) is 0 Å². The number of hydrogen-bond donors (Lipinski definition) is 3. The van der Waals surface area contributed by atoms with Gasteiger partial charge in [0, 0.05) is 25.6 Å². The van der Waals surface area contributed by atoms with Crippen LogP contribution in [0.25, 0.3) is 0 Å². The molecule has 90 valence electrons. The molecule has 0 aliphatic carbocycles.